The zero-order chi connectivity index (χ0) is 31.3. The van der Waals surface area contributed by atoms with E-state index in [9.17, 15) is 27.9 Å². The number of oxazole rings is 1. The van der Waals surface area contributed by atoms with Crippen LogP contribution in [0.5, 0.6) is 0 Å². The number of aromatic nitrogens is 2. The molecule has 43 heavy (non-hydrogen) atoms. The number of carbonyl (C=O) groups excluding carboxylic acids is 1. The number of nitrogens with zero attached hydrogens (tertiary/aromatic N) is 3. The van der Waals surface area contributed by atoms with Crippen molar-refractivity contribution in [2.75, 3.05) is 29.9 Å². The molecule has 1 aliphatic rings. The van der Waals surface area contributed by atoms with Gasteiger partial charge in [0.2, 0.25) is 22.8 Å². The summed E-state index contributed by atoms with van der Waals surface area (Å²) in [5.74, 6) is -0.437. The SMILES string of the molecule is Cc1c(N2CCN[C@H](C)C2)c(=O)c2oc(-c3ccc(C(C)(C)O)cc3)nc2n1CC(=O)Nc1ccc(C(F)(F)F)cc1Cl. The number of anilines is 2. The minimum atomic E-state index is -4.58. The van der Waals surface area contributed by atoms with Gasteiger partial charge in [0.15, 0.2) is 5.65 Å². The predicted octanol–water partition coefficient (Wildman–Crippen LogP) is 5.30. The lowest BCUT2D eigenvalue weighted by atomic mass is 9.97. The van der Waals surface area contributed by atoms with Crippen LogP contribution in [0.2, 0.25) is 5.02 Å². The molecule has 2 aromatic carbocycles. The number of fused-ring (bicyclic) bond motifs is 1. The molecule has 0 radical (unpaired) electrons. The predicted molar refractivity (Wildman–Crippen MR) is 158 cm³/mol. The first kappa shape index (κ1) is 30.6. The van der Waals surface area contributed by atoms with Gasteiger partial charge in [0, 0.05) is 36.9 Å². The minimum absolute atomic E-state index is 0.0125. The number of rotatable bonds is 6. The number of amides is 1. The molecule has 1 fully saturated rings. The van der Waals surface area contributed by atoms with E-state index in [-0.39, 0.29) is 45.8 Å². The highest BCUT2D eigenvalue weighted by atomic mass is 35.5. The van der Waals surface area contributed by atoms with Crippen molar-refractivity contribution in [3.05, 3.63) is 74.5 Å². The van der Waals surface area contributed by atoms with Crippen LogP contribution in [0.1, 0.15) is 37.6 Å². The van der Waals surface area contributed by atoms with Gasteiger partial charge in [0.25, 0.3) is 0 Å². The van der Waals surface area contributed by atoms with E-state index in [1.165, 1.54) is 0 Å². The first-order valence-electron chi connectivity index (χ1n) is 13.7. The number of alkyl halides is 3. The van der Waals surface area contributed by atoms with E-state index in [0.29, 0.717) is 42.1 Å². The van der Waals surface area contributed by atoms with Gasteiger partial charge in [-0.3, -0.25) is 9.59 Å². The third-order valence-corrected chi connectivity index (χ3v) is 7.74. The number of hydrogen-bond acceptors (Lipinski definition) is 7. The number of nitrogens with one attached hydrogen (secondary N) is 2. The summed E-state index contributed by atoms with van der Waals surface area (Å²) < 4.78 is 46.8. The van der Waals surface area contributed by atoms with Crippen LogP contribution in [0, 0.1) is 6.92 Å². The van der Waals surface area contributed by atoms with Crippen LogP contribution in [0.3, 0.4) is 0 Å². The first-order chi connectivity index (χ1) is 20.1. The van der Waals surface area contributed by atoms with Gasteiger partial charge in [-0.2, -0.15) is 18.2 Å². The molecule has 1 aliphatic heterocycles. The number of benzene rings is 2. The molecule has 3 N–H and O–H groups in total. The average molecular weight is 618 g/mol. The molecular weight excluding hydrogens is 587 g/mol. The summed E-state index contributed by atoms with van der Waals surface area (Å²) in [6, 6.07) is 9.69. The van der Waals surface area contributed by atoms with Gasteiger partial charge in [-0.05, 0) is 63.6 Å². The number of carbonyl (C=O) groups is 1. The van der Waals surface area contributed by atoms with E-state index in [1.807, 2.05) is 11.8 Å². The monoisotopic (exact) mass is 617 g/mol. The summed E-state index contributed by atoms with van der Waals surface area (Å²) in [6.45, 7) is 8.49. The van der Waals surface area contributed by atoms with Crippen molar-refractivity contribution < 1.29 is 27.5 Å². The Labute approximate surface area is 250 Å². The lowest BCUT2D eigenvalue weighted by Gasteiger charge is -2.34. The molecule has 2 aromatic heterocycles. The zero-order valence-corrected chi connectivity index (χ0v) is 24.7. The standard InChI is InChI=1S/C30H31ClF3N5O4/c1-16-14-38(12-11-35-16)24-17(2)39(15-23(40)36-22-10-9-20(13-21(22)31)30(32,33)34)27-26(25(24)41)43-28(37-27)18-5-7-19(8-6-18)29(3,4)42/h5-10,13,16,35,42H,11-12,14-15H2,1-4H3,(H,36,40)/t16-/m1/s1. The molecule has 228 valence electrons. The maximum atomic E-state index is 13.8. The van der Waals surface area contributed by atoms with Crippen LogP contribution >= 0.6 is 11.6 Å². The maximum Gasteiger partial charge on any atom is 0.416 e. The fraction of sp³-hybridized carbons (Fsp3) is 0.367. The summed E-state index contributed by atoms with van der Waals surface area (Å²) in [6.07, 6.45) is -4.58. The fourth-order valence-corrected chi connectivity index (χ4v) is 5.40. The highest BCUT2D eigenvalue weighted by molar-refractivity contribution is 6.33. The molecule has 1 atom stereocenters. The van der Waals surface area contributed by atoms with Crippen molar-refractivity contribution in [3.8, 4) is 11.5 Å². The van der Waals surface area contributed by atoms with Crippen molar-refractivity contribution in [3.63, 3.8) is 0 Å². The number of pyridine rings is 1. The van der Waals surface area contributed by atoms with Crippen molar-refractivity contribution in [1.82, 2.24) is 14.9 Å². The molecule has 0 spiro atoms. The molecule has 0 saturated carbocycles. The quantitative estimate of drug-likeness (QED) is 0.269. The molecule has 5 rings (SSSR count). The second-order valence-electron chi connectivity index (χ2n) is 11.2. The summed E-state index contributed by atoms with van der Waals surface area (Å²) in [5, 5.41) is 15.9. The van der Waals surface area contributed by atoms with Gasteiger partial charge in [-0.1, -0.05) is 23.7 Å². The third-order valence-electron chi connectivity index (χ3n) is 7.43. The summed E-state index contributed by atoms with van der Waals surface area (Å²) in [4.78, 5) is 33.6. The van der Waals surface area contributed by atoms with Crippen LogP contribution in [0.4, 0.5) is 24.5 Å². The Morgan fingerprint density at radius 1 is 1.19 bits per heavy atom. The van der Waals surface area contributed by atoms with Crippen LogP contribution in [-0.4, -0.2) is 46.2 Å². The van der Waals surface area contributed by atoms with Crippen LogP contribution in [-0.2, 0) is 23.1 Å². The van der Waals surface area contributed by atoms with E-state index in [0.717, 1.165) is 18.2 Å². The molecule has 1 saturated heterocycles. The van der Waals surface area contributed by atoms with E-state index in [1.54, 1.807) is 49.6 Å². The second kappa shape index (κ2) is 11.3. The molecule has 13 heteroatoms. The Hall–Kier alpha value is -3.87. The van der Waals surface area contributed by atoms with Crippen LogP contribution < -0.4 is 21.0 Å². The number of piperazine rings is 1. The van der Waals surface area contributed by atoms with Gasteiger partial charge in [0.05, 0.1) is 21.9 Å². The van der Waals surface area contributed by atoms with Gasteiger partial charge in [-0.15, -0.1) is 0 Å². The number of halogens is 4. The largest absolute Gasteiger partial charge is 0.430 e. The average Bonchev–Trinajstić information content (AvgIpc) is 3.37. The molecule has 0 aliphatic carbocycles. The number of aliphatic hydroxyl groups is 1. The Morgan fingerprint density at radius 2 is 1.86 bits per heavy atom. The van der Waals surface area contributed by atoms with E-state index < -0.39 is 23.2 Å². The van der Waals surface area contributed by atoms with Crippen molar-refractivity contribution >= 4 is 40.1 Å². The lowest BCUT2D eigenvalue weighted by Crippen LogP contribution is -2.51. The van der Waals surface area contributed by atoms with E-state index in [2.05, 4.69) is 15.6 Å². The van der Waals surface area contributed by atoms with Gasteiger partial charge < -0.3 is 29.6 Å². The topological polar surface area (TPSA) is 113 Å². The minimum Gasteiger partial charge on any atom is -0.430 e. The van der Waals surface area contributed by atoms with Crippen molar-refractivity contribution in [2.45, 2.75) is 52.1 Å². The number of hydrogen-bond donors (Lipinski definition) is 3. The summed E-state index contributed by atoms with van der Waals surface area (Å²) >= 11 is 6.06. The molecule has 1 amide bonds. The first-order valence-corrected chi connectivity index (χ1v) is 14.0. The highest BCUT2D eigenvalue weighted by Gasteiger charge is 2.31. The van der Waals surface area contributed by atoms with Crippen molar-refractivity contribution in [2.24, 2.45) is 0 Å². The maximum absolute atomic E-state index is 13.8. The normalized spacial score (nSPS) is 16.1. The van der Waals surface area contributed by atoms with Crippen molar-refractivity contribution in [1.29, 1.82) is 0 Å². The fourth-order valence-electron chi connectivity index (χ4n) is 5.17. The molecule has 9 nitrogen and oxygen atoms in total. The van der Waals surface area contributed by atoms with Crippen LogP contribution in [0.15, 0.2) is 51.7 Å². The van der Waals surface area contributed by atoms with Crippen LogP contribution in [0.25, 0.3) is 22.7 Å². The van der Waals surface area contributed by atoms with Gasteiger partial charge >= 0.3 is 6.18 Å². The molecule has 3 heterocycles. The Balaban J connectivity index is 1.57. The molecular formula is C30H31ClF3N5O4. The second-order valence-corrected chi connectivity index (χ2v) is 11.6. The highest BCUT2D eigenvalue weighted by Crippen LogP contribution is 2.34. The third kappa shape index (κ3) is 6.27. The molecule has 0 bridgehead atoms. The Morgan fingerprint density at radius 3 is 2.47 bits per heavy atom. The smallest absolute Gasteiger partial charge is 0.416 e. The summed E-state index contributed by atoms with van der Waals surface area (Å²) in [7, 11) is 0. The summed E-state index contributed by atoms with van der Waals surface area (Å²) in [5.41, 5.74) is -0.135. The molecule has 0 unspecified atom stereocenters. The lowest BCUT2D eigenvalue weighted by molar-refractivity contribution is -0.137. The van der Waals surface area contributed by atoms with Gasteiger partial charge in [0.1, 0.15) is 12.2 Å². The zero-order valence-electron chi connectivity index (χ0n) is 24.0. The van der Waals surface area contributed by atoms with E-state index >= 15 is 0 Å². The van der Waals surface area contributed by atoms with E-state index in [4.69, 9.17) is 16.0 Å². The molecule has 4 aromatic rings. The van der Waals surface area contributed by atoms with Gasteiger partial charge in [-0.25, -0.2) is 0 Å². The Kier molecular flexibility index (Phi) is 8.05. The Bertz CT molecular complexity index is 1740.